The molecule has 1 heterocycles. The van der Waals surface area contributed by atoms with E-state index in [4.69, 9.17) is 9.47 Å². The normalized spacial score (nSPS) is 19.2. The van der Waals surface area contributed by atoms with Crippen molar-refractivity contribution >= 4 is 35.1 Å². The predicted molar refractivity (Wildman–Crippen MR) is 121 cm³/mol. The number of fused-ring (bicyclic) bond motifs is 1. The number of anilines is 2. The fourth-order valence-electron chi connectivity index (χ4n) is 4.04. The molecule has 1 saturated heterocycles. The Hall–Kier alpha value is -3.94. The van der Waals surface area contributed by atoms with Gasteiger partial charge >= 0.3 is 5.97 Å². The molecule has 0 saturated carbocycles. The van der Waals surface area contributed by atoms with E-state index in [9.17, 15) is 19.2 Å². The smallest absolute Gasteiger partial charge is 0.338 e. The Balaban J connectivity index is 1.36. The molecule has 0 radical (unpaired) electrons. The average Bonchev–Trinajstić information content (AvgIpc) is 3.09. The quantitative estimate of drug-likeness (QED) is 0.396. The topological polar surface area (TPSA) is 102 Å². The molecule has 1 aliphatic heterocycles. The molecule has 2 aliphatic rings. The maximum Gasteiger partial charge on any atom is 0.338 e. The largest absolute Gasteiger partial charge is 0.494 e. The van der Waals surface area contributed by atoms with E-state index in [1.807, 2.05) is 19.1 Å². The van der Waals surface area contributed by atoms with Gasteiger partial charge in [0.1, 0.15) is 5.75 Å². The van der Waals surface area contributed by atoms with Crippen LogP contribution in [-0.2, 0) is 19.1 Å². The number of esters is 1. The van der Waals surface area contributed by atoms with Gasteiger partial charge in [0.15, 0.2) is 6.61 Å². The Morgan fingerprint density at radius 1 is 1.00 bits per heavy atom. The molecule has 0 bridgehead atoms. The summed E-state index contributed by atoms with van der Waals surface area (Å²) >= 11 is 0. The highest BCUT2D eigenvalue weighted by Gasteiger charge is 2.47. The van der Waals surface area contributed by atoms with Gasteiger partial charge in [-0.25, -0.2) is 4.79 Å². The van der Waals surface area contributed by atoms with Gasteiger partial charge in [-0.05, 0) is 62.2 Å². The third kappa shape index (κ3) is 4.79. The molecule has 4 rings (SSSR count). The van der Waals surface area contributed by atoms with E-state index in [2.05, 4.69) is 5.32 Å². The van der Waals surface area contributed by atoms with Crippen molar-refractivity contribution in [2.24, 2.45) is 11.8 Å². The first-order valence-electron chi connectivity index (χ1n) is 10.8. The average molecular weight is 448 g/mol. The molecular formula is C25H24N2O6. The van der Waals surface area contributed by atoms with Crippen LogP contribution < -0.4 is 15.0 Å². The van der Waals surface area contributed by atoms with Crippen molar-refractivity contribution in [2.75, 3.05) is 23.4 Å². The second-order valence-electron chi connectivity index (χ2n) is 7.80. The number of allylic oxidation sites excluding steroid dienone is 2. The van der Waals surface area contributed by atoms with Gasteiger partial charge in [-0.3, -0.25) is 19.3 Å². The molecule has 0 spiro atoms. The summed E-state index contributed by atoms with van der Waals surface area (Å²) in [6.45, 7) is 1.94. The summed E-state index contributed by atoms with van der Waals surface area (Å²) in [5.74, 6) is -1.76. The summed E-state index contributed by atoms with van der Waals surface area (Å²) in [4.78, 5) is 51.3. The first-order chi connectivity index (χ1) is 16.0. The fourth-order valence-corrected chi connectivity index (χ4v) is 4.04. The van der Waals surface area contributed by atoms with Gasteiger partial charge in [-0.1, -0.05) is 18.2 Å². The van der Waals surface area contributed by atoms with E-state index in [-0.39, 0.29) is 29.2 Å². The van der Waals surface area contributed by atoms with Crippen molar-refractivity contribution in [3.05, 3.63) is 66.2 Å². The minimum atomic E-state index is -0.725. The SMILES string of the molecule is CCOc1ccc(NC(=O)COC(=O)c2cccc(N3C(=O)[C@H]4CC=CC[C@H]4C3=O)c2)cc1. The van der Waals surface area contributed by atoms with Crippen LogP contribution in [0.5, 0.6) is 5.75 Å². The maximum absolute atomic E-state index is 12.8. The molecule has 0 unspecified atom stereocenters. The van der Waals surface area contributed by atoms with Crippen molar-refractivity contribution < 1.29 is 28.7 Å². The van der Waals surface area contributed by atoms with Crippen LogP contribution in [0.2, 0.25) is 0 Å². The lowest BCUT2D eigenvalue weighted by Gasteiger charge is -2.15. The van der Waals surface area contributed by atoms with Gasteiger partial charge in [0.25, 0.3) is 5.91 Å². The van der Waals surface area contributed by atoms with E-state index in [1.54, 1.807) is 36.4 Å². The molecule has 1 fully saturated rings. The van der Waals surface area contributed by atoms with E-state index in [1.165, 1.54) is 12.1 Å². The standard InChI is InChI=1S/C25H24N2O6/c1-2-32-19-12-10-17(11-13-19)26-22(28)15-33-25(31)16-6-5-7-18(14-16)27-23(29)20-8-3-4-9-21(20)24(27)30/h3-7,10-14,20-21H,2,8-9,15H2,1H3,(H,26,28)/t20-,21+. The molecule has 8 heteroatoms. The van der Waals surface area contributed by atoms with Crippen LogP contribution in [0.3, 0.4) is 0 Å². The molecule has 2 aromatic carbocycles. The Morgan fingerprint density at radius 3 is 2.30 bits per heavy atom. The third-order valence-electron chi connectivity index (χ3n) is 5.63. The van der Waals surface area contributed by atoms with Crippen molar-refractivity contribution in [3.63, 3.8) is 0 Å². The van der Waals surface area contributed by atoms with Gasteiger partial charge in [-0.15, -0.1) is 0 Å². The molecule has 1 aliphatic carbocycles. The molecule has 170 valence electrons. The van der Waals surface area contributed by atoms with Gasteiger partial charge < -0.3 is 14.8 Å². The molecule has 0 aromatic heterocycles. The number of hydrogen-bond acceptors (Lipinski definition) is 6. The Kier molecular flexibility index (Phi) is 6.53. The van der Waals surface area contributed by atoms with Crippen molar-refractivity contribution in [2.45, 2.75) is 19.8 Å². The highest BCUT2D eigenvalue weighted by molar-refractivity contribution is 6.22. The highest BCUT2D eigenvalue weighted by atomic mass is 16.5. The van der Waals surface area contributed by atoms with Crippen LogP contribution in [0.25, 0.3) is 0 Å². The maximum atomic E-state index is 12.8. The zero-order chi connectivity index (χ0) is 23.4. The van der Waals surface area contributed by atoms with Gasteiger partial charge in [0.2, 0.25) is 11.8 Å². The van der Waals surface area contributed by atoms with E-state index in [0.29, 0.717) is 36.6 Å². The number of hydrogen-bond donors (Lipinski definition) is 1. The minimum absolute atomic E-state index is 0.148. The molecule has 2 aromatic rings. The van der Waals surface area contributed by atoms with Gasteiger partial charge in [0, 0.05) is 5.69 Å². The van der Waals surface area contributed by atoms with Crippen molar-refractivity contribution in [1.29, 1.82) is 0 Å². The summed E-state index contributed by atoms with van der Waals surface area (Å²) in [7, 11) is 0. The van der Waals surface area contributed by atoms with Crippen molar-refractivity contribution in [1.82, 2.24) is 0 Å². The molecular weight excluding hydrogens is 424 g/mol. The van der Waals surface area contributed by atoms with Gasteiger partial charge in [0.05, 0.1) is 29.7 Å². The van der Waals surface area contributed by atoms with Crippen LogP contribution >= 0.6 is 0 Å². The highest BCUT2D eigenvalue weighted by Crippen LogP contribution is 2.37. The molecule has 8 nitrogen and oxygen atoms in total. The van der Waals surface area contributed by atoms with E-state index < -0.39 is 18.5 Å². The van der Waals surface area contributed by atoms with Crippen LogP contribution in [0.4, 0.5) is 11.4 Å². The summed E-state index contributed by atoms with van der Waals surface area (Å²) in [6, 6.07) is 13.0. The number of nitrogens with zero attached hydrogens (tertiary/aromatic N) is 1. The molecule has 1 N–H and O–H groups in total. The Morgan fingerprint density at radius 2 is 1.67 bits per heavy atom. The summed E-state index contributed by atoms with van der Waals surface area (Å²) in [5.41, 5.74) is 1.02. The third-order valence-corrected chi connectivity index (χ3v) is 5.63. The predicted octanol–water partition coefficient (Wildman–Crippen LogP) is 3.34. The number of amides is 3. The second-order valence-corrected chi connectivity index (χ2v) is 7.80. The lowest BCUT2D eigenvalue weighted by Crippen LogP contribution is -2.31. The number of benzene rings is 2. The van der Waals surface area contributed by atoms with Crippen molar-refractivity contribution in [3.8, 4) is 5.75 Å². The summed E-state index contributed by atoms with van der Waals surface area (Å²) in [6.07, 6.45) is 4.91. The monoisotopic (exact) mass is 448 g/mol. The fraction of sp³-hybridized carbons (Fsp3) is 0.280. The number of imide groups is 1. The zero-order valence-electron chi connectivity index (χ0n) is 18.2. The molecule has 2 atom stereocenters. The lowest BCUT2D eigenvalue weighted by molar-refractivity contribution is -0.122. The summed E-state index contributed by atoms with van der Waals surface area (Å²) < 4.78 is 10.5. The number of rotatable bonds is 7. The number of ether oxygens (including phenoxy) is 2. The Bertz CT molecular complexity index is 1080. The first-order valence-corrected chi connectivity index (χ1v) is 10.8. The molecule has 3 amide bonds. The van der Waals surface area contributed by atoms with Crippen LogP contribution in [0, 0.1) is 11.8 Å². The van der Waals surface area contributed by atoms with Crippen LogP contribution in [0.15, 0.2) is 60.7 Å². The Labute approximate surface area is 191 Å². The van der Waals surface area contributed by atoms with E-state index >= 15 is 0 Å². The number of carbonyl (C=O) groups excluding carboxylic acids is 4. The van der Waals surface area contributed by atoms with Gasteiger partial charge in [-0.2, -0.15) is 0 Å². The summed E-state index contributed by atoms with van der Waals surface area (Å²) in [5, 5.41) is 2.64. The number of nitrogens with one attached hydrogen (secondary N) is 1. The first kappa shape index (κ1) is 22.3. The number of carbonyl (C=O) groups is 4. The lowest BCUT2D eigenvalue weighted by atomic mass is 9.85. The zero-order valence-corrected chi connectivity index (χ0v) is 18.2. The second kappa shape index (κ2) is 9.68. The minimum Gasteiger partial charge on any atom is -0.494 e. The van der Waals surface area contributed by atoms with Crippen LogP contribution in [-0.4, -0.2) is 36.9 Å². The van der Waals surface area contributed by atoms with E-state index in [0.717, 1.165) is 4.90 Å². The van der Waals surface area contributed by atoms with Crippen LogP contribution in [0.1, 0.15) is 30.1 Å². The molecule has 33 heavy (non-hydrogen) atoms.